The van der Waals surface area contributed by atoms with Gasteiger partial charge in [-0.25, -0.2) is 8.42 Å². The third-order valence-electron chi connectivity index (χ3n) is 4.85. The summed E-state index contributed by atoms with van der Waals surface area (Å²) in [6, 6.07) is 11.2. The molecule has 0 saturated heterocycles. The summed E-state index contributed by atoms with van der Waals surface area (Å²) in [6.07, 6.45) is 1.07. The summed E-state index contributed by atoms with van der Waals surface area (Å²) in [5, 5.41) is 2.72. The van der Waals surface area contributed by atoms with Gasteiger partial charge in [-0.15, -0.1) is 0 Å². The molecule has 0 aliphatic carbocycles. The highest BCUT2D eigenvalue weighted by atomic mass is 32.2. The van der Waals surface area contributed by atoms with E-state index in [1.54, 1.807) is 36.4 Å². The molecule has 7 nitrogen and oxygen atoms in total. The zero-order chi connectivity index (χ0) is 20.6. The molecule has 0 saturated carbocycles. The number of hydrogen-bond donors (Lipinski definition) is 1. The zero-order valence-electron chi connectivity index (χ0n) is 16.3. The van der Waals surface area contributed by atoms with Crippen LogP contribution >= 0.6 is 0 Å². The van der Waals surface area contributed by atoms with Crippen LogP contribution in [0, 0.1) is 13.8 Å². The standard InChI is InChI=1S/C20H23N3O4S/c1-13-9-10-16(11-14(13)2)23(28(4,26)27)15(3)20(25)22-12-19(24)21-17-7-5-6-8-18(17)22/h5-11,15H,12H2,1-4H3,(H,21,24). The molecule has 1 N–H and O–H groups in total. The van der Waals surface area contributed by atoms with Gasteiger partial charge in [-0.1, -0.05) is 18.2 Å². The molecule has 28 heavy (non-hydrogen) atoms. The molecule has 2 aromatic rings. The number of benzene rings is 2. The van der Waals surface area contributed by atoms with Crippen LogP contribution in [0.25, 0.3) is 0 Å². The van der Waals surface area contributed by atoms with Crippen molar-refractivity contribution in [1.82, 2.24) is 0 Å². The van der Waals surface area contributed by atoms with E-state index in [2.05, 4.69) is 5.32 Å². The summed E-state index contributed by atoms with van der Waals surface area (Å²) in [5.41, 5.74) is 3.44. The number of carbonyl (C=O) groups is 2. The van der Waals surface area contributed by atoms with Gasteiger partial charge >= 0.3 is 0 Å². The lowest BCUT2D eigenvalue weighted by molar-refractivity contribution is -0.122. The first kappa shape index (κ1) is 19.9. The van der Waals surface area contributed by atoms with Crippen LogP contribution in [-0.4, -0.2) is 39.1 Å². The van der Waals surface area contributed by atoms with E-state index in [-0.39, 0.29) is 12.5 Å². The minimum Gasteiger partial charge on any atom is -0.323 e. The number of anilines is 3. The Labute approximate surface area is 165 Å². The molecule has 1 atom stereocenters. The number of rotatable bonds is 4. The minimum atomic E-state index is -3.74. The SMILES string of the molecule is Cc1ccc(N(C(C)C(=O)N2CC(=O)Nc3ccccc32)S(C)(=O)=O)cc1C. The molecular weight excluding hydrogens is 378 g/mol. The van der Waals surface area contributed by atoms with E-state index in [1.165, 1.54) is 11.8 Å². The maximum Gasteiger partial charge on any atom is 0.251 e. The minimum absolute atomic E-state index is 0.162. The van der Waals surface area contributed by atoms with E-state index in [9.17, 15) is 18.0 Å². The molecule has 1 aliphatic rings. The predicted molar refractivity (Wildman–Crippen MR) is 110 cm³/mol. The van der Waals surface area contributed by atoms with Crippen molar-refractivity contribution in [3.8, 4) is 0 Å². The third kappa shape index (κ3) is 3.73. The molecule has 1 aliphatic heterocycles. The fourth-order valence-corrected chi connectivity index (χ4v) is 4.48. The Bertz CT molecular complexity index is 1050. The normalized spacial score (nSPS) is 14.9. The van der Waals surface area contributed by atoms with Gasteiger partial charge in [-0.2, -0.15) is 0 Å². The van der Waals surface area contributed by atoms with E-state index in [0.717, 1.165) is 21.7 Å². The summed E-state index contributed by atoms with van der Waals surface area (Å²) in [5.74, 6) is -0.790. The quantitative estimate of drug-likeness (QED) is 0.853. The van der Waals surface area contributed by atoms with Crippen molar-refractivity contribution in [3.63, 3.8) is 0 Å². The molecule has 148 valence electrons. The van der Waals surface area contributed by atoms with Gasteiger partial charge in [0.2, 0.25) is 15.9 Å². The van der Waals surface area contributed by atoms with Gasteiger partial charge in [0.1, 0.15) is 12.6 Å². The highest BCUT2D eigenvalue weighted by molar-refractivity contribution is 7.92. The van der Waals surface area contributed by atoms with Crippen LogP contribution < -0.4 is 14.5 Å². The molecule has 2 amide bonds. The van der Waals surface area contributed by atoms with Crippen LogP contribution in [0.3, 0.4) is 0 Å². The molecule has 3 rings (SSSR count). The van der Waals surface area contributed by atoms with E-state index in [1.807, 2.05) is 19.9 Å². The van der Waals surface area contributed by atoms with E-state index < -0.39 is 22.0 Å². The summed E-state index contributed by atoms with van der Waals surface area (Å²) in [4.78, 5) is 26.6. The van der Waals surface area contributed by atoms with Crippen molar-refractivity contribution < 1.29 is 18.0 Å². The number of hydrogen-bond acceptors (Lipinski definition) is 4. The van der Waals surface area contributed by atoms with Crippen molar-refractivity contribution in [3.05, 3.63) is 53.6 Å². The van der Waals surface area contributed by atoms with Crippen LogP contribution in [0.15, 0.2) is 42.5 Å². The largest absolute Gasteiger partial charge is 0.323 e. The van der Waals surface area contributed by atoms with Crippen LogP contribution in [-0.2, 0) is 19.6 Å². The van der Waals surface area contributed by atoms with Crippen molar-refractivity contribution in [1.29, 1.82) is 0 Å². The van der Waals surface area contributed by atoms with Crippen molar-refractivity contribution in [2.75, 3.05) is 27.3 Å². The number of amides is 2. The monoisotopic (exact) mass is 401 g/mol. The third-order valence-corrected chi connectivity index (χ3v) is 6.09. The predicted octanol–water partition coefficient (Wildman–Crippen LogP) is 2.44. The molecule has 0 fully saturated rings. The highest BCUT2D eigenvalue weighted by Gasteiger charge is 2.35. The van der Waals surface area contributed by atoms with Gasteiger partial charge in [-0.05, 0) is 56.2 Å². The second-order valence-corrected chi connectivity index (χ2v) is 8.85. The lowest BCUT2D eigenvalue weighted by atomic mass is 10.1. The topological polar surface area (TPSA) is 86.8 Å². The Hall–Kier alpha value is -2.87. The van der Waals surface area contributed by atoms with Gasteiger partial charge in [0.25, 0.3) is 5.91 Å². The molecule has 0 aromatic heterocycles. The Morgan fingerprint density at radius 3 is 2.46 bits per heavy atom. The molecule has 0 radical (unpaired) electrons. The number of nitrogens with zero attached hydrogens (tertiary/aromatic N) is 2. The smallest absolute Gasteiger partial charge is 0.251 e. The first-order valence-corrected chi connectivity index (χ1v) is 10.7. The van der Waals surface area contributed by atoms with E-state index in [0.29, 0.717) is 17.1 Å². The molecule has 0 spiro atoms. The second kappa shape index (κ2) is 7.27. The van der Waals surface area contributed by atoms with Crippen LogP contribution in [0.4, 0.5) is 17.1 Å². The van der Waals surface area contributed by atoms with E-state index >= 15 is 0 Å². The summed E-state index contributed by atoms with van der Waals surface area (Å²) in [6.45, 7) is 5.19. The van der Waals surface area contributed by atoms with E-state index in [4.69, 9.17) is 0 Å². The maximum atomic E-state index is 13.3. The van der Waals surface area contributed by atoms with Crippen LogP contribution in [0.5, 0.6) is 0 Å². The summed E-state index contributed by atoms with van der Waals surface area (Å²) >= 11 is 0. The fraction of sp³-hybridized carbons (Fsp3) is 0.300. The molecule has 8 heteroatoms. The number of nitrogens with one attached hydrogen (secondary N) is 1. The summed E-state index contributed by atoms with van der Waals surface area (Å²) < 4.78 is 26.2. The molecular formula is C20H23N3O4S. The Morgan fingerprint density at radius 1 is 1.14 bits per heavy atom. The van der Waals surface area contributed by atoms with Crippen molar-refractivity contribution in [2.45, 2.75) is 26.8 Å². The van der Waals surface area contributed by atoms with Gasteiger partial charge in [0, 0.05) is 0 Å². The molecule has 2 aromatic carbocycles. The maximum absolute atomic E-state index is 13.3. The number of fused-ring (bicyclic) bond motifs is 1. The van der Waals surface area contributed by atoms with Gasteiger partial charge in [0.05, 0.1) is 23.3 Å². The summed E-state index contributed by atoms with van der Waals surface area (Å²) in [7, 11) is -3.74. The Balaban J connectivity index is 2.02. The first-order valence-electron chi connectivity index (χ1n) is 8.86. The highest BCUT2D eigenvalue weighted by Crippen LogP contribution is 2.31. The number of aryl methyl sites for hydroxylation is 2. The second-order valence-electron chi connectivity index (χ2n) is 6.99. The van der Waals surface area contributed by atoms with Gasteiger partial charge in [-0.3, -0.25) is 18.8 Å². The van der Waals surface area contributed by atoms with Crippen molar-refractivity contribution >= 4 is 38.9 Å². The number of carbonyl (C=O) groups excluding carboxylic acids is 2. The molecule has 0 bridgehead atoms. The Morgan fingerprint density at radius 2 is 1.82 bits per heavy atom. The molecule has 1 heterocycles. The zero-order valence-corrected chi connectivity index (χ0v) is 17.1. The van der Waals surface area contributed by atoms with Gasteiger partial charge in [0.15, 0.2) is 0 Å². The first-order chi connectivity index (χ1) is 13.1. The molecule has 1 unspecified atom stereocenters. The van der Waals surface area contributed by atoms with Crippen LogP contribution in [0.1, 0.15) is 18.1 Å². The lowest BCUT2D eigenvalue weighted by Gasteiger charge is -2.35. The Kier molecular flexibility index (Phi) is 5.16. The average molecular weight is 401 g/mol. The average Bonchev–Trinajstić information content (AvgIpc) is 2.62. The van der Waals surface area contributed by atoms with Gasteiger partial charge < -0.3 is 5.32 Å². The number of sulfonamides is 1. The van der Waals surface area contributed by atoms with Crippen molar-refractivity contribution in [2.24, 2.45) is 0 Å². The fourth-order valence-electron chi connectivity index (χ4n) is 3.32. The van der Waals surface area contributed by atoms with Crippen LogP contribution in [0.2, 0.25) is 0 Å². The lowest BCUT2D eigenvalue weighted by Crippen LogP contribution is -2.52. The number of para-hydroxylation sites is 2.